The maximum atomic E-state index is 13.1. The van der Waals surface area contributed by atoms with Gasteiger partial charge in [-0.2, -0.15) is 0 Å². The normalized spacial score (nSPS) is 13.1. The highest BCUT2D eigenvalue weighted by atomic mass is 35.5. The Hall–Kier alpha value is -0.600. The summed E-state index contributed by atoms with van der Waals surface area (Å²) in [7, 11) is 0. The molecule has 1 atom stereocenters. The van der Waals surface area contributed by atoms with E-state index in [0.29, 0.717) is 16.9 Å². The summed E-state index contributed by atoms with van der Waals surface area (Å²) < 4.78 is 13.1. The molecule has 0 amide bonds. The van der Waals surface area contributed by atoms with E-state index in [4.69, 9.17) is 11.6 Å². The van der Waals surface area contributed by atoms with Crippen LogP contribution in [0.2, 0.25) is 5.02 Å². The van der Waals surface area contributed by atoms with Gasteiger partial charge in [-0.25, -0.2) is 4.39 Å². The number of hydrogen-bond acceptors (Lipinski definition) is 1. The van der Waals surface area contributed by atoms with Gasteiger partial charge in [0, 0.05) is 5.02 Å². The van der Waals surface area contributed by atoms with Crippen LogP contribution in [0.15, 0.2) is 18.2 Å². The van der Waals surface area contributed by atoms with Crippen LogP contribution in [-0.4, -0.2) is 13.1 Å². The number of rotatable bonds is 6. The lowest BCUT2D eigenvalue weighted by molar-refractivity contribution is 0.473. The van der Waals surface area contributed by atoms with Crippen molar-refractivity contribution in [1.82, 2.24) is 5.32 Å². The number of halogens is 2. The maximum Gasteiger partial charge on any atom is 0.123 e. The van der Waals surface area contributed by atoms with E-state index in [2.05, 4.69) is 26.1 Å². The van der Waals surface area contributed by atoms with Gasteiger partial charge in [0.25, 0.3) is 0 Å². The first-order chi connectivity index (χ1) is 7.99. The van der Waals surface area contributed by atoms with Gasteiger partial charge in [0.1, 0.15) is 5.82 Å². The van der Waals surface area contributed by atoms with Crippen LogP contribution in [0.1, 0.15) is 26.3 Å². The molecule has 1 nitrogen and oxygen atoms in total. The van der Waals surface area contributed by atoms with Gasteiger partial charge in [-0.1, -0.05) is 32.4 Å². The summed E-state index contributed by atoms with van der Waals surface area (Å²) in [4.78, 5) is 0. The van der Waals surface area contributed by atoms with Crippen molar-refractivity contribution in [3.8, 4) is 0 Å². The van der Waals surface area contributed by atoms with Crippen molar-refractivity contribution in [2.45, 2.75) is 27.2 Å². The van der Waals surface area contributed by atoms with E-state index in [9.17, 15) is 4.39 Å². The van der Waals surface area contributed by atoms with Gasteiger partial charge in [0.15, 0.2) is 0 Å². The van der Waals surface area contributed by atoms with Gasteiger partial charge < -0.3 is 5.32 Å². The lowest BCUT2D eigenvalue weighted by Crippen LogP contribution is -2.26. The summed E-state index contributed by atoms with van der Waals surface area (Å²) >= 11 is 6.04. The SMILES string of the molecule is CC(C)CNCC(C)Cc1cc(F)ccc1Cl. The summed E-state index contributed by atoms with van der Waals surface area (Å²) in [6.45, 7) is 8.46. The molecule has 96 valence electrons. The van der Waals surface area contributed by atoms with Gasteiger partial charge in [-0.3, -0.25) is 0 Å². The fraction of sp³-hybridized carbons (Fsp3) is 0.571. The lowest BCUT2D eigenvalue weighted by atomic mass is 10.0. The van der Waals surface area contributed by atoms with E-state index in [1.807, 2.05) is 0 Å². The summed E-state index contributed by atoms with van der Waals surface area (Å²) in [5.74, 6) is 0.889. The molecule has 0 fully saturated rings. The molecule has 0 aliphatic heterocycles. The second-order valence-electron chi connectivity index (χ2n) is 5.10. The Balaban J connectivity index is 2.44. The van der Waals surface area contributed by atoms with E-state index in [1.54, 1.807) is 6.07 Å². The Kier molecular flexibility index (Phi) is 5.93. The molecular weight excluding hydrogens is 237 g/mol. The molecule has 0 spiro atoms. The van der Waals surface area contributed by atoms with Crippen molar-refractivity contribution in [3.63, 3.8) is 0 Å². The molecule has 1 aromatic rings. The molecule has 1 rings (SSSR count). The average Bonchev–Trinajstić information content (AvgIpc) is 2.23. The van der Waals surface area contributed by atoms with Crippen LogP contribution in [-0.2, 0) is 6.42 Å². The molecule has 0 aliphatic carbocycles. The largest absolute Gasteiger partial charge is 0.316 e. The Morgan fingerprint density at radius 2 is 1.94 bits per heavy atom. The molecule has 1 aromatic carbocycles. The Morgan fingerprint density at radius 1 is 1.24 bits per heavy atom. The molecule has 0 radical (unpaired) electrons. The fourth-order valence-corrected chi connectivity index (χ4v) is 1.96. The summed E-state index contributed by atoms with van der Waals surface area (Å²) in [5.41, 5.74) is 0.894. The van der Waals surface area contributed by atoms with Crippen LogP contribution in [0.5, 0.6) is 0 Å². The highest BCUT2D eigenvalue weighted by Gasteiger charge is 2.08. The molecule has 0 saturated heterocycles. The zero-order valence-electron chi connectivity index (χ0n) is 10.8. The molecule has 0 heterocycles. The maximum absolute atomic E-state index is 13.1. The first-order valence-electron chi connectivity index (χ1n) is 6.13. The monoisotopic (exact) mass is 257 g/mol. The number of benzene rings is 1. The molecule has 3 heteroatoms. The predicted octanol–water partition coefficient (Wildman–Crippen LogP) is 3.90. The smallest absolute Gasteiger partial charge is 0.123 e. The second kappa shape index (κ2) is 6.97. The van der Waals surface area contributed by atoms with Gasteiger partial charge in [-0.15, -0.1) is 0 Å². The first-order valence-corrected chi connectivity index (χ1v) is 6.51. The molecular formula is C14H21ClFN. The van der Waals surface area contributed by atoms with Gasteiger partial charge >= 0.3 is 0 Å². The van der Waals surface area contributed by atoms with Crippen molar-refractivity contribution >= 4 is 11.6 Å². The molecule has 0 aromatic heterocycles. The fourth-order valence-electron chi connectivity index (χ4n) is 1.77. The lowest BCUT2D eigenvalue weighted by Gasteiger charge is -2.14. The van der Waals surface area contributed by atoms with Crippen LogP contribution in [0, 0.1) is 17.7 Å². The number of hydrogen-bond donors (Lipinski definition) is 1. The van der Waals surface area contributed by atoms with E-state index >= 15 is 0 Å². The first kappa shape index (κ1) is 14.5. The average molecular weight is 258 g/mol. The van der Waals surface area contributed by atoms with E-state index < -0.39 is 0 Å². The third-order valence-corrected chi connectivity index (χ3v) is 2.99. The van der Waals surface area contributed by atoms with E-state index in [0.717, 1.165) is 25.1 Å². The molecule has 1 N–H and O–H groups in total. The van der Waals surface area contributed by atoms with Crippen molar-refractivity contribution in [2.75, 3.05) is 13.1 Å². The topological polar surface area (TPSA) is 12.0 Å². The Morgan fingerprint density at radius 3 is 2.59 bits per heavy atom. The van der Waals surface area contributed by atoms with Crippen LogP contribution < -0.4 is 5.32 Å². The van der Waals surface area contributed by atoms with Crippen LogP contribution in [0.4, 0.5) is 4.39 Å². The number of nitrogens with one attached hydrogen (secondary N) is 1. The van der Waals surface area contributed by atoms with Crippen LogP contribution in [0.3, 0.4) is 0 Å². The van der Waals surface area contributed by atoms with Gasteiger partial charge in [0.2, 0.25) is 0 Å². The van der Waals surface area contributed by atoms with Crippen LogP contribution in [0.25, 0.3) is 0 Å². The standard InChI is InChI=1S/C14H21ClFN/c1-10(2)8-17-9-11(3)6-12-7-13(16)4-5-14(12)15/h4-5,7,10-11,17H,6,8-9H2,1-3H3. The van der Waals surface area contributed by atoms with E-state index in [-0.39, 0.29) is 5.82 Å². The van der Waals surface area contributed by atoms with Crippen LogP contribution >= 0.6 is 11.6 Å². The van der Waals surface area contributed by atoms with Crippen molar-refractivity contribution in [1.29, 1.82) is 0 Å². The molecule has 0 bridgehead atoms. The zero-order chi connectivity index (χ0) is 12.8. The third-order valence-electron chi connectivity index (χ3n) is 2.62. The zero-order valence-corrected chi connectivity index (χ0v) is 11.5. The Bertz CT molecular complexity index is 352. The summed E-state index contributed by atoms with van der Waals surface area (Å²) in [6, 6.07) is 4.55. The highest BCUT2D eigenvalue weighted by molar-refractivity contribution is 6.31. The quantitative estimate of drug-likeness (QED) is 0.815. The molecule has 1 unspecified atom stereocenters. The second-order valence-corrected chi connectivity index (χ2v) is 5.50. The minimum absolute atomic E-state index is 0.216. The molecule has 0 saturated carbocycles. The predicted molar refractivity (Wildman–Crippen MR) is 72.0 cm³/mol. The van der Waals surface area contributed by atoms with E-state index in [1.165, 1.54) is 12.1 Å². The van der Waals surface area contributed by atoms with Crippen molar-refractivity contribution in [3.05, 3.63) is 34.6 Å². The Labute approximate surface area is 108 Å². The molecule has 0 aliphatic rings. The van der Waals surface area contributed by atoms with Gasteiger partial charge in [0.05, 0.1) is 0 Å². The minimum atomic E-state index is -0.216. The summed E-state index contributed by atoms with van der Waals surface area (Å²) in [6.07, 6.45) is 0.807. The highest BCUT2D eigenvalue weighted by Crippen LogP contribution is 2.20. The summed E-state index contributed by atoms with van der Waals surface area (Å²) in [5, 5.41) is 4.06. The van der Waals surface area contributed by atoms with Gasteiger partial charge in [-0.05, 0) is 55.1 Å². The minimum Gasteiger partial charge on any atom is -0.316 e. The van der Waals surface area contributed by atoms with Crippen molar-refractivity contribution < 1.29 is 4.39 Å². The molecule has 17 heavy (non-hydrogen) atoms. The third kappa shape index (κ3) is 5.51. The van der Waals surface area contributed by atoms with Crippen molar-refractivity contribution in [2.24, 2.45) is 11.8 Å².